The number of nitrogens with two attached hydrogens (primary N) is 1. The Morgan fingerprint density at radius 3 is 2.71 bits per heavy atom. The van der Waals surface area contributed by atoms with Crippen LogP contribution in [0.4, 0.5) is 5.69 Å². The number of carbonyl (C=O) groups is 2. The number of nitrogens with zero attached hydrogens (tertiary/aromatic N) is 4. The van der Waals surface area contributed by atoms with E-state index in [9.17, 15) is 9.59 Å². The van der Waals surface area contributed by atoms with E-state index < -0.39 is 17.9 Å². The number of thiocarbonyl (C=S) groups is 1. The Morgan fingerprint density at radius 1 is 1.48 bits per heavy atom. The molecule has 0 bridgehead atoms. The third-order valence-corrected chi connectivity index (χ3v) is 2.89. The van der Waals surface area contributed by atoms with E-state index in [0.717, 1.165) is 5.01 Å². The number of hydrazone groups is 1. The first-order valence-corrected chi connectivity index (χ1v) is 6.24. The summed E-state index contributed by atoms with van der Waals surface area (Å²) in [4.78, 5) is 23.0. The molecule has 0 saturated carbocycles. The van der Waals surface area contributed by atoms with E-state index in [1.54, 1.807) is 19.1 Å². The minimum atomic E-state index is -1.13. The number of carboxylic acids is 1. The predicted octanol–water partition coefficient (Wildman–Crippen LogP) is 1.30. The highest BCUT2D eigenvalue weighted by Gasteiger charge is 2.35. The Morgan fingerprint density at radius 2 is 2.14 bits per heavy atom. The summed E-state index contributed by atoms with van der Waals surface area (Å²) in [7, 11) is 0. The summed E-state index contributed by atoms with van der Waals surface area (Å²) < 4.78 is 0. The molecular formula is C12H11N5O3S. The minimum Gasteiger partial charge on any atom is -0.478 e. The van der Waals surface area contributed by atoms with Gasteiger partial charge in [0, 0.05) is 0 Å². The molecule has 1 aliphatic rings. The first-order chi connectivity index (χ1) is 9.91. The monoisotopic (exact) mass is 305 g/mol. The maximum absolute atomic E-state index is 12.0. The van der Waals surface area contributed by atoms with E-state index in [0.29, 0.717) is 5.71 Å². The molecule has 0 unspecified atom stereocenters. The fourth-order valence-corrected chi connectivity index (χ4v) is 1.84. The fraction of sp³-hybridized carbons (Fsp3) is 0.167. The molecule has 0 aromatic heterocycles. The molecule has 0 fully saturated rings. The molecular weight excluding hydrogens is 294 g/mol. The maximum Gasteiger partial charge on any atom is 0.337 e. The number of hydrogen-bond donors (Lipinski definition) is 2. The molecule has 21 heavy (non-hydrogen) atoms. The van der Waals surface area contributed by atoms with Gasteiger partial charge in [0.05, 0.1) is 17.0 Å². The molecule has 0 radical (unpaired) electrons. The second kappa shape index (κ2) is 5.75. The Balaban J connectivity index is 2.27. The van der Waals surface area contributed by atoms with E-state index in [2.05, 4.69) is 15.3 Å². The van der Waals surface area contributed by atoms with Gasteiger partial charge >= 0.3 is 5.97 Å². The molecule has 1 heterocycles. The van der Waals surface area contributed by atoms with Gasteiger partial charge < -0.3 is 10.8 Å². The number of azo groups is 1. The number of hydrogen-bond acceptors (Lipinski definition) is 6. The quantitative estimate of drug-likeness (QED) is 0.644. The minimum absolute atomic E-state index is 0.00695. The summed E-state index contributed by atoms with van der Waals surface area (Å²) in [5, 5.41) is 21.3. The summed E-state index contributed by atoms with van der Waals surface area (Å²) >= 11 is 4.70. The highest BCUT2D eigenvalue weighted by molar-refractivity contribution is 7.80. The molecule has 1 atom stereocenters. The van der Waals surface area contributed by atoms with Crippen molar-refractivity contribution < 1.29 is 14.7 Å². The van der Waals surface area contributed by atoms with Crippen molar-refractivity contribution in [1.29, 1.82) is 0 Å². The number of rotatable bonds is 3. The van der Waals surface area contributed by atoms with Crippen LogP contribution >= 0.6 is 12.2 Å². The lowest BCUT2D eigenvalue weighted by Gasteiger charge is -2.08. The summed E-state index contributed by atoms with van der Waals surface area (Å²) in [6, 6.07) is 5.14. The van der Waals surface area contributed by atoms with E-state index in [-0.39, 0.29) is 16.4 Å². The lowest BCUT2D eigenvalue weighted by molar-refractivity contribution is -0.126. The highest BCUT2D eigenvalue weighted by atomic mass is 32.1. The van der Waals surface area contributed by atoms with E-state index in [1.165, 1.54) is 12.1 Å². The second-order valence-electron chi connectivity index (χ2n) is 4.17. The standard InChI is InChI=1S/C12H11N5O3S/c1-6-9(10(18)17(16-6)12(13)21)15-14-8-5-3-2-4-7(8)11(19)20/h2-5,9H,1H3,(H2,13,21)(H,19,20)/t9-/m1/s1. The van der Waals surface area contributed by atoms with Gasteiger partial charge in [0.15, 0.2) is 11.2 Å². The van der Waals surface area contributed by atoms with Crippen molar-refractivity contribution in [2.75, 3.05) is 0 Å². The molecule has 1 aliphatic heterocycles. The van der Waals surface area contributed by atoms with Crippen molar-refractivity contribution in [1.82, 2.24) is 5.01 Å². The van der Waals surface area contributed by atoms with Gasteiger partial charge in [-0.05, 0) is 31.3 Å². The lowest BCUT2D eigenvalue weighted by atomic mass is 10.2. The van der Waals surface area contributed by atoms with Gasteiger partial charge in [-0.1, -0.05) is 12.1 Å². The van der Waals surface area contributed by atoms with Crippen LogP contribution in [0.2, 0.25) is 0 Å². The lowest BCUT2D eigenvalue weighted by Crippen LogP contribution is -2.37. The van der Waals surface area contributed by atoms with E-state index >= 15 is 0 Å². The number of amides is 1. The normalized spacial score (nSPS) is 18.1. The van der Waals surface area contributed by atoms with Crippen LogP contribution in [0.3, 0.4) is 0 Å². The molecule has 8 nitrogen and oxygen atoms in total. The van der Waals surface area contributed by atoms with Crippen molar-refractivity contribution in [3.8, 4) is 0 Å². The summed E-state index contributed by atoms with van der Waals surface area (Å²) in [6.07, 6.45) is 0. The second-order valence-corrected chi connectivity index (χ2v) is 4.59. The van der Waals surface area contributed by atoms with Gasteiger partial charge in [-0.3, -0.25) is 4.79 Å². The third-order valence-electron chi connectivity index (χ3n) is 2.72. The third kappa shape index (κ3) is 2.92. The maximum atomic E-state index is 12.0. The van der Waals surface area contributed by atoms with Crippen LogP contribution in [0.15, 0.2) is 39.6 Å². The molecule has 9 heteroatoms. The van der Waals surface area contributed by atoms with E-state index in [4.69, 9.17) is 23.1 Å². The van der Waals surface area contributed by atoms with Crippen LogP contribution in [0, 0.1) is 0 Å². The zero-order chi connectivity index (χ0) is 15.6. The SMILES string of the molecule is CC1=NN(C(N)=S)C(=O)[C@@H]1N=Nc1ccccc1C(=O)O. The smallest absolute Gasteiger partial charge is 0.337 e. The molecule has 0 spiro atoms. The van der Waals surface area contributed by atoms with Gasteiger partial charge in [-0.25, -0.2) is 4.79 Å². The summed E-state index contributed by atoms with van der Waals surface area (Å²) in [6.45, 7) is 1.59. The summed E-state index contributed by atoms with van der Waals surface area (Å²) in [5.74, 6) is -1.64. The van der Waals surface area contributed by atoms with Gasteiger partial charge in [0.25, 0.3) is 5.91 Å². The molecule has 1 aromatic rings. The van der Waals surface area contributed by atoms with Crippen LogP contribution < -0.4 is 5.73 Å². The van der Waals surface area contributed by atoms with Crippen LogP contribution in [-0.2, 0) is 4.79 Å². The number of aromatic carboxylic acids is 1. The van der Waals surface area contributed by atoms with Gasteiger partial charge in [-0.15, -0.1) is 0 Å². The Bertz CT molecular complexity index is 685. The molecule has 2 rings (SSSR count). The number of carbonyl (C=O) groups excluding carboxylic acids is 1. The Kier molecular flexibility index (Phi) is 4.03. The molecule has 1 aromatic carbocycles. The largest absolute Gasteiger partial charge is 0.478 e. The number of benzene rings is 1. The van der Waals surface area contributed by atoms with Crippen LogP contribution in [0.1, 0.15) is 17.3 Å². The zero-order valence-electron chi connectivity index (χ0n) is 10.9. The van der Waals surface area contributed by atoms with Crippen molar-refractivity contribution in [3.05, 3.63) is 29.8 Å². The first kappa shape index (κ1) is 14.7. The van der Waals surface area contributed by atoms with Crippen LogP contribution in [-0.4, -0.2) is 38.9 Å². The van der Waals surface area contributed by atoms with E-state index in [1.807, 2.05) is 0 Å². The van der Waals surface area contributed by atoms with Crippen molar-refractivity contribution in [2.45, 2.75) is 13.0 Å². The molecule has 0 aliphatic carbocycles. The van der Waals surface area contributed by atoms with Crippen molar-refractivity contribution in [2.24, 2.45) is 21.1 Å². The first-order valence-electron chi connectivity index (χ1n) is 5.83. The van der Waals surface area contributed by atoms with Gasteiger partial charge in [-0.2, -0.15) is 20.3 Å². The highest BCUT2D eigenvalue weighted by Crippen LogP contribution is 2.21. The van der Waals surface area contributed by atoms with Gasteiger partial charge in [0.1, 0.15) is 0 Å². The predicted molar refractivity (Wildman–Crippen MR) is 78.4 cm³/mol. The topological polar surface area (TPSA) is 121 Å². The van der Waals surface area contributed by atoms with Crippen molar-refractivity contribution >= 4 is 40.6 Å². The Labute approximate surface area is 125 Å². The summed E-state index contributed by atoms with van der Waals surface area (Å²) in [5.41, 5.74) is 5.89. The molecule has 108 valence electrons. The van der Waals surface area contributed by atoms with Crippen LogP contribution in [0.5, 0.6) is 0 Å². The van der Waals surface area contributed by atoms with Crippen LogP contribution in [0.25, 0.3) is 0 Å². The fourth-order valence-electron chi connectivity index (χ4n) is 1.71. The zero-order valence-corrected chi connectivity index (χ0v) is 11.7. The Hall–Kier alpha value is -2.68. The van der Waals surface area contributed by atoms with Gasteiger partial charge in [0.2, 0.25) is 0 Å². The van der Waals surface area contributed by atoms with Crippen molar-refractivity contribution in [3.63, 3.8) is 0 Å². The molecule has 3 N–H and O–H groups in total. The molecule has 1 amide bonds. The number of carboxylic acid groups (broad SMARTS) is 1. The molecule has 0 saturated heterocycles. The average Bonchev–Trinajstić information content (AvgIpc) is 2.72. The average molecular weight is 305 g/mol.